The van der Waals surface area contributed by atoms with Crippen molar-refractivity contribution < 1.29 is 4.74 Å². The number of hydrogen-bond donors (Lipinski definition) is 2. The van der Waals surface area contributed by atoms with Crippen LogP contribution < -0.4 is 10.6 Å². The molecular weight excluding hydrogens is 308 g/mol. The average molecular weight is 333 g/mol. The van der Waals surface area contributed by atoms with Gasteiger partial charge in [0.1, 0.15) is 0 Å². The lowest BCUT2D eigenvalue weighted by Crippen LogP contribution is -2.36. The molecule has 120 valence electrons. The number of aromatic nitrogens is 2. The predicted molar refractivity (Wildman–Crippen MR) is 91.0 cm³/mol. The molecule has 1 aromatic rings. The fourth-order valence-corrected chi connectivity index (χ4v) is 2.25. The molecule has 0 unspecified atom stereocenters. The Morgan fingerprint density at radius 3 is 2.52 bits per heavy atom. The van der Waals surface area contributed by atoms with Crippen LogP contribution in [0.5, 0.6) is 0 Å². The number of rotatable bonds is 9. The summed E-state index contributed by atoms with van der Waals surface area (Å²) >= 11 is 11.3. The van der Waals surface area contributed by atoms with Crippen LogP contribution in [0.15, 0.2) is 0 Å². The van der Waals surface area contributed by atoms with Crippen molar-refractivity contribution >= 4 is 28.9 Å². The highest BCUT2D eigenvalue weighted by atomic mass is 35.5. The molecule has 1 heterocycles. The SMILES string of the molecule is CCOCCCNC(=S)NCCCn1nc(C)c(Cl)c1C. The number of ether oxygens (including phenoxy) is 1. The first-order chi connectivity index (χ1) is 10.1. The summed E-state index contributed by atoms with van der Waals surface area (Å²) in [5, 5.41) is 12.2. The molecule has 0 atom stereocenters. The van der Waals surface area contributed by atoms with E-state index in [1.165, 1.54) is 0 Å². The zero-order valence-corrected chi connectivity index (χ0v) is 14.6. The summed E-state index contributed by atoms with van der Waals surface area (Å²) in [5.74, 6) is 0. The number of halogens is 1. The van der Waals surface area contributed by atoms with Crippen LogP contribution in [0.25, 0.3) is 0 Å². The maximum Gasteiger partial charge on any atom is 0.166 e. The van der Waals surface area contributed by atoms with E-state index in [0.717, 1.165) is 62.1 Å². The van der Waals surface area contributed by atoms with Gasteiger partial charge in [0.15, 0.2) is 5.11 Å². The molecule has 1 aromatic heterocycles. The maximum absolute atomic E-state index is 6.12. The monoisotopic (exact) mass is 332 g/mol. The van der Waals surface area contributed by atoms with Crippen LogP contribution in [-0.4, -0.2) is 41.2 Å². The summed E-state index contributed by atoms with van der Waals surface area (Å²) in [6, 6.07) is 0. The van der Waals surface area contributed by atoms with E-state index in [9.17, 15) is 0 Å². The molecule has 0 aliphatic heterocycles. The van der Waals surface area contributed by atoms with Crippen molar-refractivity contribution in [3.63, 3.8) is 0 Å². The van der Waals surface area contributed by atoms with Gasteiger partial charge in [0.05, 0.1) is 16.4 Å². The van der Waals surface area contributed by atoms with Gasteiger partial charge in [0.2, 0.25) is 0 Å². The van der Waals surface area contributed by atoms with E-state index >= 15 is 0 Å². The van der Waals surface area contributed by atoms with Crippen molar-refractivity contribution in [1.82, 2.24) is 20.4 Å². The van der Waals surface area contributed by atoms with Crippen molar-refractivity contribution in [3.8, 4) is 0 Å². The van der Waals surface area contributed by atoms with Crippen molar-refractivity contribution in [3.05, 3.63) is 16.4 Å². The summed E-state index contributed by atoms with van der Waals surface area (Å²) in [6.07, 6.45) is 1.90. The Morgan fingerprint density at radius 2 is 1.95 bits per heavy atom. The highest BCUT2D eigenvalue weighted by molar-refractivity contribution is 7.80. The molecule has 21 heavy (non-hydrogen) atoms. The average Bonchev–Trinajstić information content (AvgIpc) is 2.71. The third-order valence-corrected chi connectivity index (χ3v) is 3.92. The van der Waals surface area contributed by atoms with Gasteiger partial charge in [-0.25, -0.2) is 0 Å². The normalized spacial score (nSPS) is 10.7. The van der Waals surface area contributed by atoms with Crippen LogP contribution in [0.1, 0.15) is 31.2 Å². The second-order valence-corrected chi connectivity index (χ2v) is 5.58. The Kier molecular flexibility index (Phi) is 8.64. The Hall–Kier alpha value is -0.850. The van der Waals surface area contributed by atoms with Gasteiger partial charge in [0.25, 0.3) is 0 Å². The van der Waals surface area contributed by atoms with Gasteiger partial charge in [-0.1, -0.05) is 11.6 Å². The zero-order chi connectivity index (χ0) is 15.7. The minimum absolute atomic E-state index is 0.692. The minimum atomic E-state index is 0.692. The summed E-state index contributed by atoms with van der Waals surface area (Å²) < 4.78 is 7.20. The molecule has 0 saturated heterocycles. The third kappa shape index (κ3) is 6.63. The molecule has 2 N–H and O–H groups in total. The summed E-state index contributed by atoms with van der Waals surface area (Å²) in [5.41, 5.74) is 1.90. The van der Waals surface area contributed by atoms with Crippen molar-refractivity contribution in [2.45, 2.75) is 40.2 Å². The summed E-state index contributed by atoms with van der Waals surface area (Å²) in [7, 11) is 0. The number of thiocarbonyl (C=S) groups is 1. The molecule has 7 heteroatoms. The van der Waals surface area contributed by atoms with Gasteiger partial charge in [0, 0.05) is 32.8 Å². The fourth-order valence-electron chi connectivity index (χ4n) is 1.91. The van der Waals surface area contributed by atoms with Crippen molar-refractivity contribution in [2.24, 2.45) is 0 Å². The standard InChI is InChI=1S/C14H25ClN4OS/c1-4-20-10-6-8-17-14(21)16-7-5-9-19-12(3)13(15)11(2)18-19/h4-10H2,1-3H3,(H2,16,17,21). The van der Waals surface area contributed by atoms with Gasteiger partial charge in [-0.2, -0.15) is 5.10 Å². The van der Waals surface area contributed by atoms with Crippen LogP contribution in [0.4, 0.5) is 0 Å². The quantitative estimate of drug-likeness (QED) is 0.537. The Bertz CT molecular complexity index is 450. The van der Waals surface area contributed by atoms with Gasteiger partial charge in [-0.3, -0.25) is 4.68 Å². The van der Waals surface area contributed by atoms with Gasteiger partial charge >= 0.3 is 0 Å². The van der Waals surface area contributed by atoms with Crippen molar-refractivity contribution in [2.75, 3.05) is 26.3 Å². The molecule has 0 aliphatic carbocycles. The lowest BCUT2D eigenvalue weighted by Gasteiger charge is -2.10. The molecule has 1 rings (SSSR count). The van der Waals surface area contributed by atoms with E-state index in [0.29, 0.717) is 5.11 Å². The molecule has 0 aromatic carbocycles. The molecule has 0 saturated carbocycles. The first kappa shape index (κ1) is 18.2. The Labute approximate surface area is 137 Å². The maximum atomic E-state index is 6.12. The largest absolute Gasteiger partial charge is 0.382 e. The summed E-state index contributed by atoms with van der Waals surface area (Å²) in [6.45, 7) is 9.91. The number of nitrogens with zero attached hydrogens (tertiary/aromatic N) is 2. The lowest BCUT2D eigenvalue weighted by atomic mass is 10.4. The second kappa shape index (κ2) is 9.97. The van der Waals surface area contributed by atoms with E-state index in [4.69, 9.17) is 28.6 Å². The molecule has 0 bridgehead atoms. The van der Waals surface area contributed by atoms with E-state index in [1.807, 2.05) is 25.5 Å². The Morgan fingerprint density at radius 1 is 1.29 bits per heavy atom. The molecule has 0 amide bonds. The van der Waals surface area contributed by atoms with Crippen molar-refractivity contribution in [1.29, 1.82) is 0 Å². The van der Waals surface area contributed by atoms with E-state index in [-0.39, 0.29) is 0 Å². The highest BCUT2D eigenvalue weighted by Crippen LogP contribution is 2.18. The topological polar surface area (TPSA) is 51.1 Å². The van der Waals surface area contributed by atoms with Crippen LogP contribution in [0.3, 0.4) is 0 Å². The predicted octanol–water partition coefficient (Wildman–Crippen LogP) is 2.43. The molecule has 0 aliphatic rings. The van der Waals surface area contributed by atoms with Gasteiger partial charge in [-0.15, -0.1) is 0 Å². The van der Waals surface area contributed by atoms with E-state index in [2.05, 4.69) is 15.7 Å². The molecule has 5 nitrogen and oxygen atoms in total. The number of hydrogen-bond acceptors (Lipinski definition) is 3. The van der Waals surface area contributed by atoms with Crippen LogP contribution >= 0.6 is 23.8 Å². The van der Waals surface area contributed by atoms with Gasteiger partial charge < -0.3 is 15.4 Å². The molecule has 0 radical (unpaired) electrons. The van der Waals surface area contributed by atoms with Crippen LogP contribution in [0.2, 0.25) is 5.02 Å². The zero-order valence-electron chi connectivity index (χ0n) is 13.0. The van der Waals surface area contributed by atoms with Gasteiger partial charge in [-0.05, 0) is 45.8 Å². The fraction of sp³-hybridized carbons (Fsp3) is 0.714. The van der Waals surface area contributed by atoms with Crippen LogP contribution in [0, 0.1) is 13.8 Å². The molecule has 0 fully saturated rings. The molecule has 0 spiro atoms. The smallest absolute Gasteiger partial charge is 0.166 e. The second-order valence-electron chi connectivity index (χ2n) is 4.79. The lowest BCUT2D eigenvalue weighted by molar-refractivity contribution is 0.145. The van der Waals surface area contributed by atoms with E-state index in [1.54, 1.807) is 0 Å². The third-order valence-electron chi connectivity index (χ3n) is 3.08. The number of aryl methyl sites for hydroxylation is 2. The molecular formula is C14H25ClN4OS. The number of nitrogens with one attached hydrogen (secondary N) is 2. The minimum Gasteiger partial charge on any atom is -0.382 e. The van der Waals surface area contributed by atoms with E-state index < -0.39 is 0 Å². The van der Waals surface area contributed by atoms with Crippen LogP contribution in [-0.2, 0) is 11.3 Å². The first-order valence-corrected chi connectivity index (χ1v) is 8.13. The Balaban J connectivity index is 2.10. The summed E-state index contributed by atoms with van der Waals surface area (Å²) in [4.78, 5) is 0. The first-order valence-electron chi connectivity index (χ1n) is 7.35. The highest BCUT2D eigenvalue weighted by Gasteiger charge is 2.08.